The van der Waals surface area contributed by atoms with Crippen LogP contribution in [0, 0.1) is 11.3 Å². The number of rotatable bonds is 6. The van der Waals surface area contributed by atoms with Crippen LogP contribution in [0.2, 0.25) is 0 Å². The van der Waals surface area contributed by atoms with Crippen molar-refractivity contribution in [1.29, 1.82) is 0 Å². The maximum Gasteiger partial charge on any atom is 0.409 e. The molecule has 1 spiro atoms. The normalized spacial score (nSPS) is 22.5. The van der Waals surface area contributed by atoms with Crippen LogP contribution in [0.5, 0.6) is 0 Å². The van der Waals surface area contributed by atoms with Gasteiger partial charge in [0.2, 0.25) is 5.91 Å². The number of benzene rings is 1. The Balaban J connectivity index is 1.08. The zero-order valence-corrected chi connectivity index (χ0v) is 20.0. The number of carbonyl (C=O) groups excluding carboxylic acids is 2. The van der Waals surface area contributed by atoms with Crippen LogP contribution in [-0.4, -0.2) is 70.8 Å². The second-order valence-corrected chi connectivity index (χ2v) is 10.0. The molecule has 182 valence electrons. The van der Waals surface area contributed by atoms with E-state index in [1.165, 1.54) is 5.56 Å². The van der Waals surface area contributed by atoms with E-state index in [-0.39, 0.29) is 29.4 Å². The summed E-state index contributed by atoms with van der Waals surface area (Å²) in [6.45, 7) is 6.42. The number of hydrogen-bond donors (Lipinski definition) is 2. The summed E-state index contributed by atoms with van der Waals surface area (Å²) in [5, 5.41) is 10.7. The molecule has 0 radical (unpaired) electrons. The molecular weight excluding hydrogens is 430 g/mol. The van der Waals surface area contributed by atoms with E-state index < -0.39 is 0 Å². The van der Waals surface area contributed by atoms with Gasteiger partial charge in [-0.25, -0.2) is 4.79 Å². The van der Waals surface area contributed by atoms with E-state index in [1.54, 1.807) is 4.90 Å². The second-order valence-electron chi connectivity index (χ2n) is 10.0. The molecule has 0 bridgehead atoms. The van der Waals surface area contributed by atoms with Gasteiger partial charge in [-0.05, 0) is 63.1 Å². The highest BCUT2D eigenvalue weighted by Crippen LogP contribution is 2.59. The Kier molecular flexibility index (Phi) is 6.59. The summed E-state index contributed by atoms with van der Waals surface area (Å²) in [7, 11) is 0. The predicted octanol–water partition coefficient (Wildman–Crippen LogP) is 3.42. The van der Waals surface area contributed by atoms with Crippen molar-refractivity contribution >= 4 is 12.0 Å². The Hall–Kier alpha value is -2.87. The molecule has 8 nitrogen and oxygen atoms in total. The molecule has 2 aromatic rings. The maximum absolute atomic E-state index is 13.0. The molecule has 3 fully saturated rings. The number of aromatic nitrogens is 2. The fourth-order valence-electron chi connectivity index (χ4n) is 5.68. The van der Waals surface area contributed by atoms with Gasteiger partial charge in [0.15, 0.2) is 0 Å². The first-order chi connectivity index (χ1) is 16.6. The summed E-state index contributed by atoms with van der Waals surface area (Å²) < 4.78 is 5.08. The van der Waals surface area contributed by atoms with Crippen LogP contribution in [-0.2, 0) is 16.1 Å². The van der Waals surface area contributed by atoms with E-state index in [4.69, 9.17) is 4.74 Å². The molecule has 2 N–H and O–H groups in total. The number of aromatic amines is 1. The molecular formula is C26H35N5O3. The molecule has 2 saturated heterocycles. The molecule has 5 rings (SSSR count). The van der Waals surface area contributed by atoms with Crippen molar-refractivity contribution in [2.24, 2.45) is 11.3 Å². The SMILES string of the molecule is CCOC(=O)N1CCC(NC(=O)[C@@H]2CC23CCN(Cc2cn[nH]c2-c2ccccc2)CC3)CC1. The molecule has 1 aromatic heterocycles. The van der Waals surface area contributed by atoms with Crippen LogP contribution >= 0.6 is 0 Å². The molecule has 0 unspecified atom stereocenters. The lowest BCUT2D eigenvalue weighted by molar-refractivity contribution is -0.124. The zero-order chi connectivity index (χ0) is 23.5. The number of nitrogens with one attached hydrogen (secondary N) is 2. The Bertz CT molecular complexity index is 991. The minimum absolute atomic E-state index is 0.145. The zero-order valence-electron chi connectivity index (χ0n) is 20.0. The van der Waals surface area contributed by atoms with E-state index >= 15 is 0 Å². The smallest absolute Gasteiger partial charge is 0.409 e. The van der Waals surface area contributed by atoms with Gasteiger partial charge in [-0.2, -0.15) is 5.10 Å². The van der Waals surface area contributed by atoms with Crippen LogP contribution in [0.4, 0.5) is 4.79 Å². The van der Waals surface area contributed by atoms with Crippen molar-refractivity contribution in [3.8, 4) is 11.3 Å². The standard InChI is InChI=1S/C26H35N5O3/c1-2-34-25(33)31-12-8-21(9-13-31)28-24(32)22-16-26(22)10-14-30(15-11-26)18-20-17-27-29-23(20)19-6-4-3-5-7-19/h3-7,17,21-22H,2,8-16,18H2,1H3,(H,27,29)(H,28,32)/t22-/m0/s1. The van der Waals surface area contributed by atoms with Crippen LogP contribution < -0.4 is 5.32 Å². The van der Waals surface area contributed by atoms with Gasteiger partial charge in [-0.15, -0.1) is 0 Å². The molecule has 8 heteroatoms. The number of carbonyl (C=O) groups is 2. The number of H-pyrrole nitrogens is 1. The van der Waals surface area contributed by atoms with Crippen molar-refractivity contribution in [2.75, 3.05) is 32.8 Å². The minimum Gasteiger partial charge on any atom is -0.450 e. The van der Waals surface area contributed by atoms with Crippen molar-refractivity contribution in [3.05, 3.63) is 42.1 Å². The van der Waals surface area contributed by atoms with Crippen LogP contribution in [0.25, 0.3) is 11.3 Å². The number of ether oxygens (including phenoxy) is 1. The number of nitrogens with zero attached hydrogens (tertiary/aromatic N) is 3. The largest absolute Gasteiger partial charge is 0.450 e. The number of amides is 2. The van der Waals surface area contributed by atoms with Gasteiger partial charge in [-0.3, -0.25) is 14.8 Å². The highest BCUT2D eigenvalue weighted by molar-refractivity contribution is 5.83. The quantitative estimate of drug-likeness (QED) is 0.682. The number of hydrogen-bond acceptors (Lipinski definition) is 5. The molecule has 1 atom stereocenters. The molecule has 3 heterocycles. The third-order valence-corrected chi connectivity index (χ3v) is 7.90. The topological polar surface area (TPSA) is 90.6 Å². The Morgan fingerprint density at radius 3 is 2.59 bits per heavy atom. The van der Waals surface area contributed by atoms with Gasteiger partial charge in [0.25, 0.3) is 0 Å². The first-order valence-electron chi connectivity index (χ1n) is 12.6. The Morgan fingerprint density at radius 2 is 1.88 bits per heavy atom. The average Bonchev–Trinajstić information content (AvgIpc) is 3.37. The van der Waals surface area contributed by atoms with E-state index in [2.05, 4.69) is 32.5 Å². The lowest BCUT2D eigenvalue weighted by Gasteiger charge is -2.33. The van der Waals surface area contributed by atoms with Crippen molar-refractivity contribution in [1.82, 2.24) is 25.3 Å². The summed E-state index contributed by atoms with van der Waals surface area (Å²) in [6.07, 6.45) is 6.45. The molecule has 34 heavy (non-hydrogen) atoms. The molecule has 1 aromatic carbocycles. The molecule has 2 aliphatic heterocycles. The fraction of sp³-hybridized carbons (Fsp3) is 0.577. The van der Waals surface area contributed by atoms with Gasteiger partial charge in [0.05, 0.1) is 18.5 Å². The van der Waals surface area contributed by atoms with Crippen LogP contribution in [0.3, 0.4) is 0 Å². The van der Waals surface area contributed by atoms with Gasteiger partial charge in [-0.1, -0.05) is 30.3 Å². The molecule has 1 saturated carbocycles. The van der Waals surface area contributed by atoms with E-state index in [1.807, 2.05) is 31.3 Å². The third-order valence-electron chi connectivity index (χ3n) is 7.90. The van der Waals surface area contributed by atoms with E-state index in [0.717, 1.165) is 63.0 Å². The van der Waals surface area contributed by atoms with Crippen molar-refractivity contribution in [2.45, 2.75) is 51.6 Å². The molecule has 2 amide bonds. The van der Waals surface area contributed by atoms with Gasteiger partial charge >= 0.3 is 6.09 Å². The van der Waals surface area contributed by atoms with Gasteiger partial charge in [0, 0.05) is 37.2 Å². The molecule has 1 aliphatic carbocycles. The summed E-state index contributed by atoms with van der Waals surface area (Å²) >= 11 is 0. The highest BCUT2D eigenvalue weighted by Gasteiger charge is 2.58. The third kappa shape index (κ3) is 4.82. The molecule has 3 aliphatic rings. The first-order valence-corrected chi connectivity index (χ1v) is 12.6. The van der Waals surface area contributed by atoms with E-state index in [9.17, 15) is 9.59 Å². The second kappa shape index (κ2) is 9.78. The van der Waals surface area contributed by atoms with Crippen LogP contribution in [0.1, 0.15) is 44.6 Å². The fourth-order valence-corrected chi connectivity index (χ4v) is 5.68. The van der Waals surface area contributed by atoms with Gasteiger partial charge < -0.3 is 15.0 Å². The Labute approximate surface area is 201 Å². The maximum atomic E-state index is 13.0. The van der Waals surface area contributed by atoms with Crippen molar-refractivity contribution in [3.63, 3.8) is 0 Å². The van der Waals surface area contributed by atoms with E-state index in [0.29, 0.717) is 19.7 Å². The highest BCUT2D eigenvalue weighted by atomic mass is 16.6. The summed E-state index contributed by atoms with van der Waals surface area (Å²) in [6, 6.07) is 10.5. The lowest BCUT2D eigenvalue weighted by atomic mass is 9.90. The first kappa shape index (κ1) is 22.9. The number of piperidine rings is 2. The summed E-state index contributed by atoms with van der Waals surface area (Å²) in [4.78, 5) is 29.1. The van der Waals surface area contributed by atoms with Gasteiger partial charge in [0.1, 0.15) is 0 Å². The predicted molar refractivity (Wildman–Crippen MR) is 129 cm³/mol. The summed E-state index contributed by atoms with van der Waals surface area (Å²) in [5.41, 5.74) is 3.67. The number of likely N-dealkylation sites (tertiary alicyclic amines) is 2. The minimum atomic E-state index is -0.244. The summed E-state index contributed by atoms with van der Waals surface area (Å²) in [5.74, 6) is 0.357. The van der Waals surface area contributed by atoms with Crippen LogP contribution in [0.15, 0.2) is 36.5 Å². The lowest BCUT2D eigenvalue weighted by Crippen LogP contribution is -2.47. The monoisotopic (exact) mass is 465 g/mol. The van der Waals surface area contributed by atoms with Crippen molar-refractivity contribution < 1.29 is 14.3 Å². The average molecular weight is 466 g/mol. The Morgan fingerprint density at radius 1 is 1.15 bits per heavy atom.